The molecule has 96 valence electrons. The van der Waals surface area contributed by atoms with Crippen molar-refractivity contribution in [2.24, 2.45) is 0 Å². The minimum atomic E-state index is -3.66. The van der Waals surface area contributed by atoms with Crippen molar-refractivity contribution in [3.8, 4) is 0 Å². The van der Waals surface area contributed by atoms with E-state index in [1.807, 2.05) is 6.26 Å². The number of hydrogen-bond donors (Lipinski definition) is 1. The van der Waals surface area contributed by atoms with Crippen LogP contribution in [0.25, 0.3) is 0 Å². The molecule has 0 fully saturated rings. The van der Waals surface area contributed by atoms with E-state index >= 15 is 0 Å². The molecule has 0 aromatic carbocycles. The maximum atomic E-state index is 11.8. The second kappa shape index (κ2) is 6.23. The Kier molecular flexibility index (Phi) is 5.23. The van der Waals surface area contributed by atoms with E-state index in [-0.39, 0.29) is 16.9 Å². The fourth-order valence-electron chi connectivity index (χ4n) is 1.22. The van der Waals surface area contributed by atoms with Gasteiger partial charge >= 0.3 is 0 Å². The molecule has 7 heteroatoms. The Balaban J connectivity index is 2.71. The first-order chi connectivity index (χ1) is 7.99. The highest BCUT2D eigenvalue weighted by atomic mass is 32.2. The number of rotatable bonds is 7. The first kappa shape index (κ1) is 14.3. The molecule has 1 N–H and O–H groups in total. The lowest BCUT2D eigenvalue weighted by molar-refractivity contribution is 0.109. The fourth-order valence-corrected chi connectivity index (χ4v) is 3.02. The third-order valence-electron chi connectivity index (χ3n) is 2.09. The van der Waals surface area contributed by atoms with Gasteiger partial charge in [0.15, 0.2) is 12.0 Å². The van der Waals surface area contributed by atoms with Crippen LogP contribution in [0.5, 0.6) is 0 Å². The molecule has 0 radical (unpaired) electrons. The van der Waals surface area contributed by atoms with Gasteiger partial charge in [-0.1, -0.05) is 0 Å². The Morgan fingerprint density at radius 3 is 2.76 bits per heavy atom. The Bertz CT molecular complexity index is 466. The lowest BCUT2D eigenvalue weighted by Crippen LogP contribution is -2.32. The van der Waals surface area contributed by atoms with Gasteiger partial charge in [0.25, 0.3) is 10.0 Å². The molecule has 5 nitrogen and oxygen atoms in total. The molecular weight excluding hydrogens is 262 g/mol. The topological polar surface area (TPSA) is 76.4 Å². The van der Waals surface area contributed by atoms with Crippen molar-refractivity contribution >= 4 is 28.1 Å². The molecule has 0 saturated heterocycles. The van der Waals surface area contributed by atoms with Crippen LogP contribution < -0.4 is 4.72 Å². The summed E-state index contributed by atoms with van der Waals surface area (Å²) < 4.78 is 31.0. The summed E-state index contributed by atoms with van der Waals surface area (Å²) in [6.07, 6.45) is 3.17. The fraction of sp³-hybridized carbons (Fsp3) is 0.500. The SMILES string of the molecule is CSCCC(C)NS(=O)(=O)c1ccc(C=O)o1. The Morgan fingerprint density at radius 1 is 1.53 bits per heavy atom. The monoisotopic (exact) mass is 277 g/mol. The Morgan fingerprint density at radius 2 is 2.24 bits per heavy atom. The number of furan rings is 1. The van der Waals surface area contributed by atoms with E-state index in [9.17, 15) is 13.2 Å². The van der Waals surface area contributed by atoms with Gasteiger partial charge < -0.3 is 4.42 Å². The summed E-state index contributed by atoms with van der Waals surface area (Å²) in [5.41, 5.74) is 0. The molecule has 1 rings (SSSR count). The number of carbonyl (C=O) groups excluding carboxylic acids is 1. The van der Waals surface area contributed by atoms with Crippen molar-refractivity contribution in [2.75, 3.05) is 12.0 Å². The summed E-state index contributed by atoms with van der Waals surface area (Å²) in [5.74, 6) is 0.878. The molecule has 0 spiro atoms. The van der Waals surface area contributed by atoms with Crippen LogP contribution in [0, 0.1) is 0 Å². The standard InChI is InChI=1S/C10H15NO4S2/c1-8(5-6-16-2)11-17(13,14)10-4-3-9(7-12)15-10/h3-4,7-8,11H,5-6H2,1-2H3. The normalized spacial score (nSPS) is 13.5. The molecule has 0 aliphatic carbocycles. The van der Waals surface area contributed by atoms with Crippen LogP contribution in [-0.4, -0.2) is 32.8 Å². The van der Waals surface area contributed by atoms with Gasteiger partial charge in [-0.05, 0) is 37.5 Å². The van der Waals surface area contributed by atoms with E-state index in [1.54, 1.807) is 18.7 Å². The largest absolute Gasteiger partial charge is 0.440 e. The van der Waals surface area contributed by atoms with Gasteiger partial charge in [-0.3, -0.25) is 4.79 Å². The van der Waals surface area contributed by atoms with Crippen LogP contribution in [0.4, 0.5) is 0 Å². The smallest absolute Gasteiger partial charge is 0.274 e. The van der Waals surface area contributed by atoms with Crippen molar-refractivity contribution < 1.29 is 17.6 Å². The minimum absolute atomic E-state index is 0.00198. The number of carbonyl (C=O) groups is 1. The van der Waals surface area contributed by atoms with E-state index in [0.717, 1.165) is 12.2 Å². The van der Waals surface area contributed by atoms with Crippen LogP contribution in [0.2, 0.25) is 0 Å². The van der Waals surface area contributed by atoms with Crippen molar-refractivity contribution in [3.63, 3.8) is 0 Å². The molecule has 1 unspecified atom stereocenters. The van der Waals surface area contributed by atoms with Crippen LogP contribution >= 0.6 is 11.8 Å². The summed E-state index contributed by atoms with van der Waals surface area (Å²) in [5, 5.41) is -0.226. The molecule has 0 bridgehead atoms. The predicted molar refractivity (Wildman–Crippen MR) is 66.9 cm³/mol. The molecule has 0 amide bonds. The van der Waals surface area contributed by atoms with Crippen molar-refractivity contribution in [3.05, 3.63) is 17.9 Å². The highest BCUT2D eigenvalue weighted by Gasteiger charge is 2.20. The molecule has 17 heavy (non-hydrogen) atoms. The third-order valence-corrected chi connectivity index (χ3v) is 4.20. The first-order valence-corrected chi connectivity index (χ1v) is 7.93. The van der Waals surface area contributed by atoms with Crippen LogP contribution in [-0.2, 0) is 10.0 Å². The number of nitrogens with one attached hydrogen (secondary N) is 1. The van der Waals surface area contributed by atoms with E-state index < -0.39 is 10.0 Å². The van der Waals surface area contributed by atoms with Gasteiger partial charge in [0.2, 0.25) is 5.09 Å². The molecule has 1 aromatic rings. The zero-order valence-corrected chi connectivity index (χ0v) is 11.3. The number of aldehydes is 1. The second-order valence-corrected chi connectivity index (χ2v) is 6.21. The molecule has 0 saturated carbocycles. The maximum absolute atomic E-state index is 11.8. The highest BCUT2D eigenvalue weighted by molar-refractivity contribution is 7.98. The summed E-state index contributed by atoms with van der Waals surface area (Å²) in [7, 11) is -3.66. The summed E-state index contributed by atoms with van der Waals surface area (Å²) in [4.78, 5) is 10.4. The van der Waals surface area contributed by atoms with E-state index in [4.69, 9.17) is 4.42 Å². The molecular formula is C10H15NO4S2. The lowest BCUT2D eigenvalue weighted by atomic mass is 10.3. The first-order valence-electron chi connectivity index (χ1n) is 5.06. The second-order valence-electron chi connectivity index (χ2n) is 3.58. The molecule has 1 atom stereocenters. The van der Waals surface area contributed by atoms with E-state index in [1.165, 1.54) is 12.1 Å². The lowest BCUT2D eigenvalue weighted by Gasteiger charge is -2.11. The van der Waals surface area contributed by atoms with Crippen molar-refractivity contribution in [1.82, 2.24) is 4.72 Å². The van der Waals surface area contributed by atoms with Crippen molar-refractivity contribution in [2.45, 2.75) is 24.5 Å². The van der Waals surface area contributed by atoms with Gasteiger partial charge in [0.1, 0.15) is 0 Å². The predicted octanol–water partition coefficient (Wildman–Crippen LogP) is 1.51. The average Bonchev–Trinajstić information content (AvgIpc) is 2.75. The Hall–Kier alpha value is -0.790. The third kappa shape index (κ3) is 4.18. The van der Waals surface area contributed by atoms with E-state index in [0.29, 0.717) is 6.29 Å². The summed E-state index contributed by atoms with van der Waals surface area (Å²) in [6.45, 7) is 1.79. The van der Waals surface area contributed by atoms with E-state index in [2.05, 4.69) is 4.72 Å². The number of hydrogen-bond acceptors (Lipinski definition) is 5. The van der Waals surface area contributed by atoms with Crippen LogP contribution in [0.15, 0.2) is 21.6 Å². The molecule has 0 aliphatic heterocycles. The van der Waals surface area contributed by atoms with Gasteiger partial charge in [0.05, 0.1) is 0 Å². The summed E-state index contributed by atoms with van der Waals surface area (Å²) >= 11 is 1.65. The van der Waals surface area contributed by atoms with Crippen LogP contribution in [0.3, 0.4) is 0 Å². The maximum Gasteiger partial charge on any atom is 0.274 e. The number of thioether (sulfide) groups is 1. The number of sulfonamides is 1. The zero-order valence-electron chi connectivity index (χ0n) is 9.67. The van der Waals surface area contributed by atoms with Crippen LogP contribution in [0.1, 0.15) is 23.9 Å². The van der Waals surface area contributed by atoms with Gasteiger partial charge in [-0.15, -0.1) is 0 Å². The van der Waals surface area contributed by atoms with Gasteiger partial charge in [0, 0.05) is 6.04 Å². The minimum Gasteiger partial charge on any atom is -0.440 e. The molecule has 1 aromatic heterocycles. The van der Waals surface area contributed by atoms with Crippen molar-refractivity contribution in [1.29, 1.82) is 0 Å². The summed E-state index contributed by atoms with van der Waals surface area (Å²) in [6, 6.07) is 2.43. The van der Waals surface area contributed by atoms with Gasteiger partial charge in [-0.2, -0.15) is 11.8 Å². The average molecular weight is 277 g/mol. The molecule has 0 aliphatic rings. The Labute approximate surface area is 105 Å². The molecule has 1 heterocycles. The quantitative estimate of drug-likeness (QED) is 0.765. The van der Waals surface area contributed by atoms with Gasteiger partial charge in [-0.25, -0.2) is 13.1 Å². The zero-order chi connectivity index (χ0) is 12.9. The highest BCUT2D eigenvalue weighted by Crippen LogP contribution is 2.13.